The molecule has 9 heteroatoms. The second-order valence-electron chi connectivity index (χ2n) is 8.88. The summed E-state index contributed by atoms with van der Waals surface area (Å²) in [6, 6.07) is 28.2. The van der Waals surface area contributed by atoms with Crippen LogP contribution >= 0.6 is 34.8 Å². The Bertz CT molecular complexity index is 1790. The van der Waals surface area contributed by atoms with Crippen molar-refractivity contribution in [3.05, 3.63) is 129 Å². The van der Waals surface area contributed by atoms with Crippen LogP contribution in [-0.2, 0) is 0 Å². The third-order valence-electron chi connectivity index (χ3n) is 6.14. The molecule has 6 nitrogen and oxygen atoms in total. The van der Waals surface area contributed by atoms with E-state index in [9.17, 15) is 9.59 Å². The topological polar surface area (TPSA) is 83.4 Å². The Balaban J connectivity index is 1.37. The molecule has 0 saturated carbocycles. The van der Waals surface area contributed by atoms with E-state index in [1.807, 2.05) is 42.5 Å². The van der Waals surface area contributed by atoms with Gasteiger partial charge in [-0.05, 0) is 67.1 Å². The zero-order valence-electron chi connectivity index (χ0n) is 21.1. The number of carbonyl (C=O) groups excluding carboxylic acids is 2. The number of fused-ring (bicyclic) bond motifs is 1. The summed E-state index contributed by atoms with van der Waals surface area (Å²) in [6.45, 7) is 1.76. The summed E-state index contributed by atoms with van der Waals surface area (Å²) in [7, 11) is 0. The van der Waals surface area contributed by atoms with Crippen LogP contribution < -0.4 is 10.7 Å². The van der Waals surface area contributed by atoms with Gasteiger partial charge in [0, 0.05) is 26.7 Å². The molecule has 4 aromatic carbocycles. The van der Waals surface area contributed by atoms with Crippen molar-refractivity contribution < 1.29 is 9.59 Å². The Kier molecular flexibility index (Phi) is 8.12. The maximum Gasteiger partial charge on any atom is 0.272 e. The average molecular weight is 588 g/mol. The SMILES string of the molecule is CC(=NNC(=O)c1cc(-c2ccc(Cl)cc2)nc2ccccc12)c1cccc(NC(=O)c2ccc(Cl)cc2Cl)c1. The van der Waals surface area contributed by atoms with Gasteiger partial charge in [0.1, 0.15) is 0 Å². The lowest BCUT2D eigenvalue weighted by Crippen LogP contribution is -2.20. The van der Waals surface area contributed by atoms with Crippen molar-refractivity contribution >= 4 is 68.9 Å². The van der Waals surface area contributed by atoms with Crippen LogP contribution in [0.1, 0.15) is 33.2 Å². The van der Waals surface area contributed by atoms with E-state index in [-0.39, 0.29) is 16.8 Å². The molecule has 0 spiro atoms. The molecule has 198 valence electrons. The number of halogens is 3. The first-order valence-corrected chi connectivity index (χ1v) is 13.3. The molecule has 40 heavy (non-hydrogen) atoms. The smallest absolute Gasteiger partial charge is 0.272 e. The van der Waals surface area contributed by atoms with Gasteiger partial charge in [-0.2, -0.15) is 5.10 Å². The molecule has 0 aliphatic rings. The van der Waals surface area contributed by atoms with Crippen LogP contribution in [0.3, 0.4) is 0 Å². The molecule has 2 N–H and O–H groups in total. The van der Waals surface area contributed by atoms with E-state index in [0.717, 1.165) is 5.56 Å². The zero-order valence-corrected chi connectivity index (χ0v) is 23.4. The normalized spacial score (nSPS) is 11.3. The van der Waals surface area contributed by atoms with Crippen molar-refractivity contribution in [3.63, 3.8) is 0 Å². The minimum atomic E-state index is -0.380. The van der Waals surface area contributed by atoms with Gasteiger partial charge < -0.3 is 5.32 Å². The number of benzene rings is 4. The number of carbonyl (C=O) groups is 2. The molecular weight excluding hydrogens is 567 g/mol. The van der Waals surface area contributed by atoms with Crippen molar-refractivity contribution in [2.24, 2.45) is 5.10 Å². The number of hydrogen-bond acceptors (Lipinski definition) is 4. The lowest BCUT2D eigenvalue weighted by Gasteiger charge is -2.10. The van der Waals surface area contributed by atoms with E-state index < -0.39 is 0 Å². The summed E-state index contributed by atoms with van der Waals surface area (Å²) < 4.78 is 0. The largest absolute Gasteiger partial charge is 0.322 e. The highest BCUT2D eigenvalue weighted by atomic mass is 35.5. The van der Waals surface area contributed by atoms with Gasteiger partial charge in [0.2, 0.25) is 0 Å². The molecule has 0 bridgehead atoms. The molecule has 0 atom stereocenters. The van der Waals surface area contributed by atoms with Crippen LogP contribution in [0.4, 0.5) is 5.69 Å². The highest BCUT2D eigenvalue weighted by Gasteiger charge is 2.15. The number of rotatable bonds is 6. The summed E-state index contributed by atoms with van der Waals surface area (Å²) in [5.41, 5.74) is 7.36. The average Bonchev–Trinajstić information content (AvgIpc) is 2.95. The van der Waals surface area contributed by atoms with Crippen LogP contribution in [-0.4, -0.2) is 22.5 Å². The number of anilines is 1. The van der Waals surface area contributed by atoms with Crippen molar-refractivity contribution in [1.82, 2.24) is 10.4 Å². The Labute approximate surface area is 245 Å². The number of amides is 2. The molecule has 5 aromatic rings. The molecule has 5 rings (SSSR count). The molecule has 1 heterocycles. The third-order valence-corrected chi connectivity index (χ3v) is 6.94. The van der Waals surface area contributed by atoms with Crippen LogP contribution in [0.2, 0.25) is 15.1 Å². The second-order valence-corrected chi connectivity index (χ2v) is 10.2. The summed E-state index contributed by atoms with van der Waals surface area (Å²) >= 11 is 18.1. The van der Waals surface area contributed by atoms with E-state index >= 15 is 0 Å². The molecule has 0 aliphatic carbocycles. The van der Waals surface area contributed by atoms with Gasteiger partial charge in [-0.3, -0.25) is 9.59 Å². The van der Waals surface area contributed by atoms with Crippen LogP contribution in [0, 0.1) is 0 Å². The van der Waals surface area contributed by atoms with Crippen molar-refractivity contribution in [2.45, 2.75) is 6.92 Å². The van der Waals surface area contributed by atoms with Crippen LogP contribution in [0.25, 0.3) is 22.2 Å². The first-order valence-electron chi connectivity index (χ1n) is 12.2. The molecule has 0 saturated heterocycles. The molecule has 1 aromatic heterocycles. The third kappa shape index (κ3) is 6.15. The van der Waals surface area contributed by atoms with Gasteiger partial charge in [0.05, 0.1) is 33.1 Å². The van der Waals surface area contributed by atoms with E-state index in [0.29, 0.717) is 54.7 Å². The highest BCUT2D eigenvalue weighted by molar-refractivity contribution is 6.37. The number of pyridine rings is 1. The maximum atomic E-state index is 13.3. The minimum absolute atomic E-state index is 0.254. The lowest BCUT2D eigenvalue weighted by molar-refractivity contribution is 0.0955. The summed E-state index contributed by atoms with van der Waals surface area (Å²) in [5.74, 6) is -0.752. The molecule has 0 fully saturated rings. The fourth-order valence-corrected chi connectivity index (χ4v) is 4.71. The van der Waals surface area contributed by atoms with Gasteiger partial charge in [-0.1, -0.05) is 77.3 Å². The van der Waals surface area contributed by atoms with Crippen molar-refractivity contribution in [1.29, 1.82) is 0 Å². The van der Waals surface area contributed by atoms with E-state index in [4.69, 9.17) is 39.8 Å². The van der Waals surface area contributed by atoms with Crippen LogP contribution in [0.15, 0.2) is 102 Å². The Morgan fingerprint density at radius 2 is 1.50 bits per heavy atom. The zero-order chi connectivity index (χ0) is 28.2. The predicted molar refractivity (Wildman–Crippen MR) is 163 cm³/mol. The van der Waals surface area contributed by atoms with Crippen LogP contribution in [0.5, 0.6) is 0 Å². The van der Waals surface area contributed by atoms with Gasteiger partial charge in [0.15, 0.2) is 0 Å². The molecule has 2 amide bonds. The van der Waals surface area contributed by atoms with Gasteiger partial charge >= 0.3 is 0 Å². The summed E-state index contributed by atoms with van der Waals surface area (Å²) in [4.78, 5) is 30.7. The standard InChI is InChI=1S/C31H21Cl3N4O2/c1-18(20-5-4-6-23(15-20)35-30(39)25-14-13-22(33)16-27(25)34)37-38-31(40)26-17-29(19-9-11-21(32)12-10-19)36-28-8-3-2-7-24(26)28/h2-17H,1H3,(H,35,39)(H,38,40). The number of nitrogens with one attached hydrogen (secondary N) is 2. The number of para-hydroxylation sites is 1. The number of hydrogen-bond donors (Lipinski definition) is 2. The number of aromatic nitrogens is 1. The first-order chi connectivity index (χ1) is 19.3. The van der Waals surface area contributed by atoms with Gasteiger partial charge in [0.25, 0.3) is 11.8 Å². The predicted octanol–water partition coefficient (Wildman–Crippen LogP) is 8.27. The highest BCUT2D eigenvalue weighted by Crippen LogP contribution is 2.26. The molecule has 0 aliphatic heterocycles. The first kappa shape index (κ1) is 27.3. The fraction of sp³-hybridized carbons (Fsp3) is 0.0323. The molecule has 0 unspecified atom stereocenters. The molecular formula is C31H21Cl3N4O2. The maximum absolute atomic E-state index is 13.3. The number of nitrogens with zero attached hydrogens (tertiary/aromatic N) is 2. The Hall–Kier alpha value is -4.23. The minimum Gasteiger partial charge on any atom is -0.322 e. The van der Waals surface area contributed by atoms with E-state index in [2.05, 4.69) is 15.8 Å². The fourth-order valence-electron chi connectivity index (χ4n) is 4.09. The Morgan fingerprint density at radius 1 is 0.750 bits per heavy atom. The summed E-state index contributed by atoms with van der Waals surface area (Å²) in [5, 5.41) is 9.17. The summed E-state index contributed by atoms with van der Waals surface area (Å²) in [6.07, 6.45) is 0. The van der Waals surface area contributed by atoms with Gasteiger partial charge in [-0.15, -0.1) is 0 Å². The number of hydrazone groups is 1. The second kappa shape index (κ2) is 11.9. The van der Waals surface area contributed by atoms with Crippen molar-refractivity contribution in [2.75, 3.05) is 5.32 Å². The van der Waals surface area contributed by atoms with E-state index in [1.165, 1.54) is 6.07 Å². The quantitative estimate of drug-likeness (QED) is 0.155. The monoisotopic (exact) mass is 586 g/mol. The van der Waals surface area contributed by atoms with Crippen molar-refractivity contribution in [3.8, 4) is 11.3 Å². The molecule has 0 radical (unpaired) electrons. The van der Waals surface area contributed by atoms with Gasteiger partial charge in [-0.25, -0.2) is 10.4 Å². The Morgan fingerprint density at radius 3 is 2.27 bits per heavy atom. The van der Waals surface area contributed by atoms with E-state index in [1.54, 1.807) is 55.5 Å². The lowest BCUT2D eigenvalue weighted by atomic mass is 10.0.